The quantitative estimate of drug-likeness (QED) is 0.537. The molecule has 67 valence electrons. The van der Waals surface area contributed by atoms with Gasteiger partial charge in [-0.1, -0.05) is 45.4 Å². The van der Waals surface area contributed by atoms with E-state index >= 15 is 0 Å². The zero-order valence-corrected chi connectivity index (χ0v) is 7.81. The van der Waals surface area contributed by atoms with Crippen LogP contribution in [0.2, 0.25) is 0 Å². The highest BCUT2D eigenvalue weighted by Gasteiger charge is 1.89. The Balaban J connectivity index is 2.69. The third kappa shape index (κ3) is 9.96. The lowest BCUT2D eigenvalue weighted by atomic mass is 10.1. The fourth-order valence-electron chi connectivity index (χ4n) is 1.17. The summed E-state index contributed by atoms with van der Waals surface area (Å²) in [5.41, 5.74) is 5.38. The fourth-order valence-corrected chi connectivity index (χ4v) is 1.17. The van der Waals surface area contributed by atoms with Crippen LogP contribution in [0, 0.1) is 6.42 Å². The van der Waals surface area contributed by atoms with Crippen molar-refractivity contribution in [3.8, 4) is 0 Å². The van der Waals surface area contributed by atoms with Crippen LogP contribution >= 0.6 is 0 Å². The molecular formula is C10H22N. The second kappa shape index (κ2) is 9.96. The van der Waals surface area contributed by atoms with E-state index in [4.69, 9.17) is 5.73 Å². The second-order valence-electron chi connectivity index (χ2n) is 3.04. The smallest absolute Gasteiger partial charge is 0.00773 e. The lowest BCUT2D eigenvalue weighted by Crippen LogP contribution is -1.97. The largest absolute Gasteiger partial charge is 0.330 e. The Labute approximate surface area is 71.4 Å². The Kier molecular flexibility index (Phi) is 9.92. The van der Waals surface area contributed by atoms with Gasteiger partial charge in [0.1, 0.15) is 0 Å². The Bertz CT molecular complexity index is 53.9. The van der Waals surface area contributed by atoms with Gasteiger partial charge in [0.2, 0.25) is 0 Å². The summed E-state index contributed by atoms with van der Waals surface area (Å²) in [6, 6.07) is 0. The van der Waals surface area contributed by atoms with Crippen LogP contribution in [0.25, 0.3) is 0 Å². The Hall–Kier alpha value is -0.0400. The van der Waals surface area contributed by atoms with Gasteiger partial charge < -0.3 is 5.73 Å². The summed E-state index contributed by atoms with van der Waals surface area (Å²) in [6.45, 7) is 3.06. The first-order chi connectivity index (χ1) is 5.41. The summed E-state index contributed by atoms with van der Waals surface area (Å²) in [7, 11) is 0. The SMILES string of the molecule is CC[CH]CCCCCCCN. The summed E-state index contributed by atoms with van der Waals surface area (Å²) in [4.78, 5) is 0. The molecule has 1 nitrogen and oxygen atoms in total. The molecule has 0 aliphatic heterocycles. The van der Waals surface area contributed by atoms with Crippen molar-refractivity contribution in [2.75, 3.05) is 6.54 Å². The minimum atomic E-state index is 0.862. The van der Waals surface area contributed by atoms with Crippen molar-refractivity contribution in [2.45, 2.75) is 51.9 Å². The van der Waals surface area contributed by atoms with E-state index in [9.17, 15) is 0 Å². The van der Waals surface area contributed by atoms with Crippen LogP contribution in [0.3, 0.4) is 0 Å². The topological polar surface area (TPSA) is 26.0 Å². The first-order valence-electron chi connectivity index (χ1n) is 4.93. The third-order valence-corrected chi connectivity index (χ3v) is 1.90. The van der Waals surface area contributed by atoms with Crippen LogP contribution in [0.1, 0.15) is 51.9 Å². The van der Waals surface area contributed by atoms with Crippen molar-refractivity contribution in [1.82, 2.24) is 0 Å². The highest BCUT2D eigenvalue weighted by molar-refractivity contribution is 4.60. The number of unbranched alkanes of at least 4 members (excludes halogenated alkanes) is 7. The van der Waals surface area contributed by atoms with Crippen molar-refractivity contribution in [1.29, 1.82) is 0 Å². The van der Waals surface area contributed by atoms with Crippen LogP contribution in [-0.4, -0.2) is 6.54 Å². The number of hydrogen-bond acceptors (Lipinski definition) is 1. The van der Waals surface area contributed by atoms with Gasteiger partial charge in [-0.25, -0.2) is 0 Å². The average Bonchev–Trinajstić information content (AvgIpc) is 2.03. The second-order valence-corrected chi connectivity index (χ2v) is 3.04. The highest BCUT2D eigenvalue weighted by Crippen LogP contribution is 2.06. The molecule has 0 aliphatic carbocycles. The molecule has 0 aromatic rings. The van der Waals surface area contributed by atoms with Crippen molar-refractivity contribution < 1.29 is 0 Å². The molecular weight excluding hydrogens is 134 g/mol. The summed E-state index contributed by atoms with van der Waals surface area (Å²) in [5, 5.41) is 0. The van der Waals surface area contributed by atoms with E-state index < -0.39 is 0 Å². The molecule has 0 saturated heterocycles. The first-order valence-corrected chi connectivity index (χ1v) is 4.93. The molecule has 0 unspecified atom stereocenters. The Morgan fingerprint density at radius 2 is 1.64 bits per heavy atom. The molecule has 1 radical (unpaired) electrons. The minimum absolute atomic E-state index is 0.862. The third-order valence-electron chi connectivity index (χ3n) is 1.90. The lowest BCUT2D eigenvalue weighted by Gasteiger charge is -1.98. The minimum Gasteiger partial charge on any atom is -0.330 e. The molecule has 0 aliphatic rings. The summed E-state index contributed by atoms with van der Waals surface area (Å²) >= 11 is 0. The maximum absolute atomic E-state index is 5.38. The molecule has 0 aromatic carbocycles. The van der Waals surface area contributed by atoms with E-state index in [-0.39, 0.29) is 0 Å². The van der Waals surface area contributed by atoms with Gasteiger partial charge in [0.15, 0.2) is 0 Å². The predicted molar refractivity (Wildman–Crippen MR) is 51.3 cm³/mol. The molecule has 0 atom stereocenters. The molecule has 0 saturated carbocycles. The van der Waals surface area contributed by atoms with Crippen molar-refractivity contribution in [3.05, 3.63) is 6.42 Å². The maximum atomic E-state index is 5.38. The van der Waals surface area contributed by atoms with E-state index in [0.717, 1.165) is 6.54 Å². The Morgan fingerprint density at radius 1 is 1.00 bits per heavy atom. The molecule has 1 heteroatoms. The summed E-state index contributed by atoms with van der Waals surface area (Å²) < 4.78 is 0. The zero-order chi connectivity index (χ0) is 8.36. The predicted octanol–water partition coefficient (Wildman–Crippen LogP) is 2.90. The molecule has 0 rings (SSSR count). The van der Waals surface area contributed by atoms with Crippen LogP contribution in [0.15, 0.2) is 0 Å². The summed E-state index contributed by atoms with van der Waals surface area (Å²) in [5.74, 6) is 0. The molecule has 0 amide bonds. The van der Waals surface area contributed by atoms with Gasteiger partial charge in [-0.05, 0) is 19.4 Å². The molecule has 0 spiro atoms. The van der Waals surface area contributed by atoms with Gasteiger partial charge in [-0.2, -0.15) is 0 Å². The average molecular weight is 156 g/mol. The van der Waals surface area contributed by atoms with Gasteiger partial charge in [-0.3, -0.25) is 0 Å². The molecule has 2 N–H and O–H groups in total. The normalized spacial score (nSPS) is 10.4. The van der Waals surface area contributed by atoms with E-state index in [1.165, 1.54) is 44.9 Å². The van der Waals surface area contributed by atoms with Gasteiger partial charge in [0, 0.05) is 0 Å². The maximum Gasteiger partial charge on any atom is -0.00773 e. The molecule has 0 heterocycles. The van der Waals surface area contributed by atoms with Crippen LogP contribution in [-0.2, 0) is 0 Å². The monoisotopic (exact) mass is 156 g/mol. The van der Waals surface area contributed by atoms with Crippen LogP contribution < -0.4 is 5.73 Å². The van der Waals surface area contributed by atoms with E-state index in [2.05, 4.69) is 13.3 Å². The fraction of sp³-hybridized carbons (Fsp3) is 0.900. The van der Waals surface area contributed by atoms with E-state index in [0.29, 0.717) is 0 Å². The molecule has 0 fully saturated rings. The van der Waals surface area contributed by atoms with Crippen molar-refractivity contribution in [2.24, 2.45) is 5.73 Å². The van der Waals surface area contributed by atoms with Crippen molar-refractivity contribution >= 4 is 0 Å². The number of nitrogens with two attached hydrogens (primary N) is 1. The standard InChI is InChI=1S/C10H22N/c1-2-3-4-5-6-7-8-9-10-11/h3H,2,4-11H2,1H3. The molecule has 11 heavy (non-hydrogen) atoms. The molecule has 0 aromatic heterocycles. The van der Waals surface area contributed by atoms with Gasteiger partial charge >= 0.3 is 0 Å². The van der Waals surface area contributed by atoms with Gasteiger partial charge in [0.05, 0.1) is 0 Å². The van der Waals surface area contributed by atoms with Crippen LogP contribution in [0.4, 0.5) is 0 Å². The first kappa shape index (κ1) is 11.0. The Morgan fingerprint density at radius 3 is 2.27 bits per heavy atom. The van der Waals surface area contributed by atoms with Gasteiger partial charge in [0.25, 0.3) is 0 Å². The van der Waals surface area contributed by atoms with Crippen molar-refractivity contribution in [3.63, 3.8) is 0 Å². The van der Waals surface area contributed by atoms with Gasteiger partial charge in [-0.15, -0.1) is 0 Å². The zero-order valence-electron chi connectivity index (χ0n) is 7.81. The number of hydrogen-bond donors (Lipinski definition) is 1. The lowest BCUT2D eigenvalue weighted by molar-refractivity contribution is 0.612. The van der Waals surface area contributed by atoms with E-state index in [1.54, 1.807) is 0 Å². The molecule has 0 bridgehead atoms. The number of rotatable bonds is 8. The summed E-state index contributed by atoms with van der Waals surface area (Å²) in [6.07, 6.45) is 11.6. The van der Waals surface area contributed by atoms with E-state index in [1.807, 2.05) is 0 Å². The highest BCUT2D eigenvalue weighted by atomic mass is 14.5. The van der Waals surface area contributed by atoms with Crippen LogP contribution in [0.5, 0.6) is 0 Å².